The molecule has 4 aromatic rings. The molecule has 2 aromatic carbocycles. The van der Waals surface area contributed by atoms with Gasteiger partial charge in [0.05, 0.1) is 6.42 Å². The van der Waals surface area contributed by atoms with Gasteiger partial charge in [-0.2, -0.15) is 4.31 Å². The first-order chi connectivity index (χ1) is 15.3. The minimum atomic E-state index is -3.85. The van der Waals surface area contributed by atoms with Crippen LogP contribution in [-0.2, 0) is 41.4 Å². The van der Waals surface area contributed by atoms with E-state index in [0.717, 1.165) is 22.0 Å². The van der Waals surface area contributed by atoms with E-state index < -0.39 is 16.0 Å². The van der Waals surface area contributed by atoms with Crippen molar-refractivity contribution >= 4 is 26.9 Å². The zero-order chi connectivity index (χ0) is 22.7. The van der Waals surface area contributed by atoms with Gasteiger partial charge in [-0.05, 0) is 34.9 Å². The third-order valence-electron chi connectivity index (χ3n) is 5.30. The minimum Gasteiger partial charge on any atom is -0.481 e. The Labute approximate surface area is 186 Å². The molecule has 0 atom stereocenters. The van der Waals surface area contributed by atoms with Crippen molar-refractivity contribution in [3.63, 3.8) is 0 Å². The Morgan fingerprint density at radius 2 is 1.81 bits per heavy atom. The second-order valence-electron chi connectivity index (χ2n) is 7.63. The Hall–Kier alpha value is -3.49. The van der Waals surface area contributed by atoms with Gasteiger partial charge >= 0.3 is 5.97 Å². The van der Waals surface area contributed by atoms with Gasteiger partial charge in [0.25, 0.3) is 0 Å². The summed E-state index contributed by atoms with van der Waals surface area (Å²) in [5.41, 5.74) is 3.25. The molecule has 0 amide bonds. The summed E-state index contributed by atoms with van der Waals surface area (Å²) in [5.74, 6) is -0.933. The summed E-state index contributed by atoms with van der Waals surface area (Å²) in [6.07, 6.45) is 4.69. The second-order valence-corrected chi connectivity index (χ2v) is 9.57. The normalized spacial score (nSPS) is 11.8. The SMILES string of the molecule is Cn1cc(CN(Cc2cccc(CC(=O)O)c2)S(=O)(=O)c2cccnc2)c2ccccc21. The third-order valence-corrected chi connectivity index (χ3v) is 7.08. The lowest BCUT2D eigenvalue weighted by atomic mass is 10.1. The van der Waals surface area contributed by atoms with E-state index >= 15 is 0 Å². The minimum absolute atomic E-state index is 0.105. The number of sulfonamides is 1. The number of carboxylic acid groups (broad SMARTS) is 1. The van der Waals surface area contributed by atoms with Gasteiger partial charge in [0.15, 0.2) is 0 Å². The monoisotopic (exact) mass is 449 g/mol. The van der Waals surface area contributed by atoms with Crippen molar-refractivity contribution in [1.29, 1.82) is 0 Å². The highest BCUT2D eigenvalue weighted by molar-refractivity contribution is 7.89. The number of aromatic nitrogens is 2. The van der Waals surface area contributed by atoms with E-state index in [1.165, 1.54) is 22.8 Å². The lowest BCUT2D eigenvalue weighted by molar-refractivity contribution is -0.136. The van der Waals surface area contributed by atoms with E-state index in [1.54, 1.807) is 30.3 Å². The summed E-state index contributed by atoms with van der Waals surface area (Å²) >= 11 is 0. The summed E-state index contributed by atoms with van der Waals surface area (Å²) in [4.78, 5) is 15.2. The van der Waals surface area contributed by atoms with E-state index in [9.17, 15) is 13.2 Å². The number of hydrogen-bond acceptors (Lipinski definition) is 4. The maximum Gasteiger partial charge on any atom is 0.307 e. The molecule has 1 N–H and O–H groups in total. The molecule has 0 unspecified atom stereocenters. The first-order valence-electron chi connectivity index (χ1n) is 10.1. The van der Waals surface area contributed by atoms with Crippen molar-refractivity contribution in [3.05, 3.63) is 95.9 Å². The zero-order valence-corrected chi connectivity index (χ0v) is 18.4. The highest BCUT2D eigenvalue weighted by Gasteiger charge is 2.26. The fourth-order valence-electron chi connectivity index (χ4n) is 3.83. The molecule has 0 aliphatic rings. The Bertz CT molecular complexity index is 1360. The number of rotatable bonds is 8. The van der Waals surface area contributed by atoms with Crippen LogP contribution in [0.4, 0.5) is 0 Å². The zero-order valence-electron chi connectivity index (χ0n) is 17.5. The molecule has 7 nitrogen and oxygen atoms in total. The van der Waals surface area contributed by atoms with Crippen molar-refractivity contribution in [2.24, 2.45) is 7.05 Å². The van der Waals surface area contributed by atoms with Crippen LogP contribution in [0, 0.1) is 0 Å². The van der Waals surface area contributed by atoms with Gasteiger partial charge in [0.1, 0.15) is 4.90 Å². The number of fused-ring (bicyclic) bond motifs is 1. The average Bonchev–Trinajstić information content (AvgIpc) is 3.09. The van der Waals surface area contributed by atoms with E-state index in [-0.39, 0.29) is 24.4 Å². The molecular formula is C24H23N3O4S. The smallest absolute Gasteiger partial charge is 0.307 e. The van der Waals surface area contributed by atoms with Crippen LogP contribution in [0.5, 0.6) is 0 Å². The van der Waals surface area contributed by atoms with Crippen LogP contribution in [0.25, 0.3) is 10.9 Å². The predicted octanol–water partition coefficient (Wildman–Crippen LogP) is 3.59. The molecule has 8 heteroatoms. The summed E-state index contributed by atoms with van der Waals surface area (Å²) in [6.45, 7) is 0.273. The Morgan fingerprint density at radius 3 is 2.56 bits per heavy atom. The van der Waals surface area contributed by atoms with E-state index in [4.69, 9.17) is 5.11 Å². The van der Waals surface area contributed by atoms with Crippen molar-refractivity contribution in [1.82, 2.24) is 13.9 Å². The van der Waals surface area contributed by atoms with Crippen molar-refractivity contribution in [2.75, 3.05) is 0 Å². The molecule has 0 radical (unpaired) electrons. The number of carbonyl (C=O) groups is 1. The molecule has 4 rings (SSSR count). The van der Waals surface area contributed by atoms with Crippen LogP contribution in [0.3, 0.4) is 0 Å². The number of benzene rings is 2. The number of nitrogens with zero attached hydrogens (tertiary/aromatic N) is 3. The maximum absolute atomic E-state index is 13.5. The Morgan fingerprint density at radius 1 is 1.03 bits per heavy atom. The van der Waals surface area contributed by atoms with Gasteiger partial charge in [-0.1, -0.05) is 42.5 Å². The number of carboxylic acids is 1. The average molecular weight is 450 g/mol. The summed E-state index contributed by atoms with van der Waals surface area (Å²) < 4.78 is 30.5. The van der Waals surface area contributed by atoms with Crippen molar-refractivity contribution < 1.29 is 18.3 Å². The molecule has 0 saturated heterocycles. The standard InChI is InChI=1S/C24H23N3O4S/c1-26-16-20(22-9-2-3-10-23(22)26)17-27(32(30,31)21-8-5-11-25-14-21)15-19-7-4-6-18(12-19)13-24(28)29/h2-12,14,16H,13,15,17H2,1H3,(H,28,29). The molecule has 32 heavy (non-hydrogen) atoms. The van der Waals surface area contributed by atoms with Crippen LogP contribution in [-0.4, -0.2) is 33.3 Å². The fraction of sp³-hybridized carbons (Fsp3) is 0.167. The predicted molar refractivity (Wildman–Crippen MR) is 121 cm³/mol. The molecule has 0 bridgehead atoms. The second kappa shape index (κ2) is 8.94. The van der Waals surface area contributed by atoms with Crippen LogP contribution in [0.15, 0.2) is 84.1 Å². The highest BCUT2D eigenvalue weighted by Crippen LogP contribution is 2.26. The van der Waals surface area contributed by atoms with Crippen LogP contribution in [0.1, 0.15) is 16.7 Å². The Kier molecular flexibility index (Phi) is 6.07. The largest absolute Gasteiger partial charge is 0.481 e. The van der Waals surface area contributed by atoms with Gasteiger partial charge in [0, 0.05) is 49.6 Å². The number of aliphatic carboxylic acids is 1. The topological polar surface area (TPSA) is 92.5 Å². The van der Waals surface area contributed by atoms with E-state index in [1.807, 2.05) is 42.1 Å². The number of hydrogen-bond donors (Lipinski definition) is 1. The van der Waals surface area contributed by atoms with Crippen molar-refractivity contribution in [3.8, 4) is 0 Å². The first kappa shape index (κ1) is 21.7. The fourth-order valence-corrected chi connectivity index (χ4v) is 5.20. The van der Waals surface area contributed by atoms with Crippen molar-refractivity contribution in [2.45, 2.75) is 24.4 Å². The molecule has 2 heterocycles. The van der Waals surface area contributed by atoms with Crippen LogP contribution < -0.4 is 0 Å². The molecule has 0 aliphatic carbocycles. The van der Waals surface area contributed by atoms with Crippen LogP contribution in [0.2, 0.25) is 0 Å². The molecule has 2 aromatic heterocycles. The quantitative estimate of drug-likeness (QED) is 0.444. The molecule has 0 aliphatic heterocycles. The molecule has 164 valence electrons. The van der Waals surface area contributed by atoms with Crippen LogP contribution >= 0.6 is 0 Å². The summed E-state index contributed by atoms with van der Waals surface area (Å²) in [6, 6.07) is 18.0. The molecule has 0 spiro atoms. The maximum atomic E-state index is 13.5. The number of aryl methyl sites for hydroxylation is 1. The highest BCUT2D eigenvalue weighted by atomic mass is 32.2. The lowest BCUT2D eigenvalue weighted by Gasteiger charge is -2.22. The van der Waals surface area contributed by atoms with Gasteiger partial charge in [-0.15, -0.1) is 0 Å². The summed E-state index contributed by atoms with van der Waals surface area (Å²) in [5, 5.41) is 10.1. The van der Waals surface area contributed by atoms with Gasteiger partial charge in [-0.25, -0.2) is 8.42 Å². The van der Waals surface area contributed by atoms with Gasteiger partial charge < -0.3 is 9.67 Å². The summed E-state index contributed by atoms with van der Waals surface area (Å²) in [7, 11) is -1.92. The lowest BCUT2D eigenvalue weighted by Crippen LogP contribution is -2.30. The van der Waals surface area contributed by atoms with Gasteiger partial charge in [-0.3, -0.25) is 9.78 Å². The molecular weight excluding hydrogens is 426 g/mol. The number of para-hydroxylation sites is 1. The van der Waals surface area contributed by atoms with Gasteiger partial charge in [0.2, 0.25) is 10.0 Å². The molecule has 0 fully saturated rings. The third kappa shape index (κ3) is 4.56. The van der Waals surface area contributed by atoms with E-state index in [0.29, 0.717) is 5.56 Å². The number of pyridine rings is 1. The van der Waals surface area contributed by atoms with E-state index in [2.05, 4.69) is 4.98 Å². The Balaban J connectivity index is 1.74. The first-order valence-corrected chi connectivity index (χ1v) is 11.5. The molecule has 0 saturated carbocycles.